The highest BCUT2D eigenvalue weighted by Gasteiger charge is 2.63. The molecule has 1 aromatic rings. The minimum absolute atomic E-state index is 0.00914. The van der Waals surface area contributed by atoms with E-state index in [1.54, 1.807) is 11.8 Å². The number of thioether (sulfide) groups is 1. The smallest absolute Gasteiger partial charge is 0.170 e. The molecule has 0 aliphatic heterocycles. The normalized spacial score (nSPS) is 36.0. The molecule has 0 radical (unpaired) electrons. The summed E-state index contributed by atoms with van der Waals surface area (Å²) in [5, 5.41) is 0. The summed E-state index contributed by atoms with van der Waals surface area (Å²) in [5.41, 5.74) is 2.84. The maximum Gasteiger partial charge on any atom is 0.170 e. The van der Waals surface area contributed by atoms with Crippen molar-refractivity contribution < 1.29 is 9.53 Å². The molecule has 3 heteroatoms. The van der Waals surface area contributed by atoms with Gasteiger partial charge in [-0.1, -0.05) is 51.1 Å². The first-order valence-corrected chi connectivity index (χ1v) is 10.6. The van der Waals surface area contributed by atoms with Gasteiger partial charge in [0, 0.05) is 16.7 Å². The number of hydrogen-bond acceptors (Lipinski definition) is 3. The Kier molecular flexibility index (Phi) is 4.16. The molecule has 134 valence electrons. The van der Waals surface area contributed by atoms with Gasteiger partial charge in [0.25, 0.3) is 0 Å². The molecule has 3 aliphatic carbocycles. The fourth-order valence-electron chi connectivity index (χ4n) is 5.89. The van der Waals surface area contributed by atoms with Crippen molar-refractivity contribution in [1.82, 2.24) is 0 Å². The van der Waals surface area contributed by atoms with Gasteiger partial charge in [-0.25, -0.2) is 0 Å². The zero-order chi connectivity index (χ0) is 17.8. The molecular weight excluding hydrogens is 328 g/mol. The van der Waals surface area contributed by atoms with Crippen LogP contribution in [0.3, 0.4) is 0 Å². The highest BCUT2D eigenvalue weighted by molar-refractivity contribution is 8.03. The Morgan fingerprint density at radius 2 is 1.92 bits per heavy atom. The Bertz CT molecular complexity index is 721. The number of benzene rings is 1. The number of hydrogen-bond donors (Lipinski definition) is 0. The summed E-state index contributed by atoms with van der Waals surface area (Å²) < 4.78 is 6.56. The SMILES string of the molecule is CSC1=C2C[C@H]3CC(C)(C)[C@H](OCc4ccccc4)[C@H]3[C@]2(C)CC1=O. The molecule has 0 spiro atoms. The third-order valence-electron chi connectivity index (χ3n) is 6.82. The van der Waals surface area contributed by atoms with Crippen LogP contribution < -0.4 is 0 Å². The predicted molar refractivity (Wildman–Crippen MR) is 103 cm³/mol. The molecule has 2 fully saturated rings. The van der Waals surface area contributed by atoms with Gasteiger partial charge in [-0.3, -0.25) is 4.79 Å². The van der Waals surface area contributed by atoms with Crippen molar-refractivity contribution in [2.75, 3.05) is 6.26 Å². The van der Waals surface area contributed by atoms with Crippen LogP contribution in [0, 0.1) is 22.7 Å². The van der Waals surface area contributed by atoms with Crippen molar-refractivity contribution in [2.45, 2.75) is 52.7 Å². The third kappa shape index (κ3) is 2.62. The Balaban J connectivity index is 1.63. The molecule has 0 amide bonds. The van der Waals surface area contributed by atoms with Crippen LogP contribution in [-0.2, 0) is 16.1 Å². The molecule has 4 rings (SSSR count). The van der Waals surface area contributed by atoms with Crippen LogP contribution in [0.4, 0.5) is 0 Å². The topological polar surface area (TPSA) is 26.3 Å². The van der Waals surface area contributed by atoms with Crippen molar-refractivity contribution in [1.29, 1.82) is 0 Å². The van der Waals surface area contributed by atoms with E-state index in [9.17, 15) is 4.79 Å². The van der Waals surface area contributed by atoms with Gasteiger partial charge in [-0.2, -0.15) is 0 Å². The van der Waals surface area contributed by atoms with Gasteiger partial charge >= 0.3 is 0 Å². The molecule has 0 N–H and O–H groups in total. The van der Waals surface area contributed by atoms with E-state index >= 15 is 0 Å². The quantitative estimate of drug-likeness (QED) is 0.738. The fraction of sp³-hybridized carbons (Fsp3) is 0.591. The van der Waals surface area contributed by atoms with Crippen molar-refractivity contribution in [3.05, 3.63) is 46.4 Å². The maximum atomic E-state index is 12.5. The molecule has 3 aliphatic rings. The Morgan fingerprint density at radius 3 is 2.60 bits per heavy atom. The second-order valence-electron chi connectivity index (χ2n) is 8.93. The van der Waals surface area contributed by atoms with Crippen molar-refractivity contribution in [2.24, 2.45) is 22.7 Å². The van der Waals surface area contributed by atoms with Crippen LogP contribution in [-0.4, -0.2) is 18.1 Å². The number of ether oxygens (including phenoxy) is 1. The molecule has 0 heterocycles. The highest BCUT2D eigenvalue weighted by Crippen LogP contribution is 2.67. The molecule has 2 saturated carbocycles. The number of allylic oxidation sites excluding steroid dienone is 2. The average Bonchev–Trinajstić information content (AvgIpc) is 3.06. The molecule has 0 unspecified atom stereocenters. The van der Waals surface area contributed by atoms with E-state index in [2.05, 4.69) is 45.0 Å². The van der Waals surface area contributed by atoms with Crippen molar-refractivity contribution in [3.63, 3.8) is 0 Å². The van der Waals surface area contributed by atoms with E-state index in [-0.39, 0.29) is 16.9 Å². The largest absolute Gasteiger partial charge is 0.373 e. The summed E-state index contributed by atoms with van der Waals surface area (Å²) in [4.78, 5) is 13.6. The van der Waals surface area contributed by atoms with Crippen LogP contribution in [0.15, 0.2) is 40.8 Å². The van der Waals surface area contributed by atoms with Crippen molar-refractivity contribution >= 4 is 17.5 Å². The summed E-state index contributed by atoms with van der Waals surface area (Å²) in [6.07, 6.45) is 5.24. The number of ketones is 1. The molecule has 0 bridgehead atoms. The second-order valence-corrected chi connectivity index (χ2v) is 9.75. The number of fused-ring (bicyclic) bond motifs is 3. The number of carbonyl (C=O) groups is 1. The first-order chi connectivity index (χ1) is 11.9. The molecule has 2 nitrogen and oxygen atoms in total. The second kappa shape index (κ2) is 5.99. The molecule has 1 aromatic carbocycles. The van der Waals surface area contributed by atoms with Gasteiger partial charge in [-0.15, -0.1) is 11.8 Å². The lowest BCUT2D eigenvalue weighted by Gasteiger charge is -2.38. The zero-order valence-corrected chi connectivity index (χ0v) is 16.5. The minimum Gasteiger partial charge on any atom is -0.373 e. The molecule has 0 aromatic heterocycles. The van der Waals surface area contributed by atoms with Gasteiger partial charge in [-0.05, 0) is 47.5 Å². The zero-order valence-electron chi connectivity index (χ0n) is 15.7. The van der Waals surface area contributed by atoms with E-state index in [0.29, 0.717) is 30.6 Å². The summed E-state index contributed by atoms with van der Waals surface area (Å²) >= 11 is 1.65. The number of Topliss-reactive ketones (excluding diaryl/α,β-unsaturated/α-hetero) is 1. The first-order valence-electron chi connectivity index (χ1n) is 9.33. The van der Waals surface area contributed by atoms with Gasteiger partial charge in [0.2, 0.25) is 0 Å². The van der Waals surface area contributed by atoms with Gasteiger partial charge in [0.1, 0.15) is 0 Å². The maximum absolute atomic E-state index is 12.5. The fourth-order valence-corrected chi connectivity index (χ4v) is 6.75. The Labute approximate surface area is 155 Å². The van der Waals surface area contributed by atoms with E-state index in [1.165, 1.54) is 17.6 Å². The number of rotatable bonds is 4. The summed E-state index contributed by atoms with van der Waals surface area (Å²) in [7, 11) is 0. The van der Waals surface area contributed by atoms with Gasteiger partial charge in [0.05, 0.1) is 12.7 Å². The summed E-state index contributed by atoms with van der Waals surface area (Å²) in [6, 6.07) is 10.4. The van der Waals surface area contributed by atoms with Gasteiger partial charge in [0.15, 0.2) is 5.78 Å². The van der Waals surface area contributed by atoms with Gasteiger partial charge < -0.3 is 4.74 Å². The van der Waals surface area contributed by atoms with Crippen LogP contribution in [0.2, 0.25) is 0 Å². The summed E-state index contributed by atoms with van der Waals surface area (Å²) in [5.74, 6) is 1.48. The van der Waals surface area contributed by atoms with E-state index in [4.69, 9.17) is 4.74 Å². The van der Waals surface area contributed by atoms with E-state index in [1.807, 2.05) is 12.3 Å². The lowest BCUT2D eigenvalue weighted by Crippen LogP contribution is -2.38. The van der Waals surface area contributed by atoms with Crippen LogP contribution in [0.25, 0.3) is 0 Å². The van der Waals surface area contributed by atoms with E-state index in [0.717, 1.165) is 11.3 Å². The number of carbonyl (C=O) groups excluding carboxylic acids is 1. The Morgan fingerprint density at radius 1 is 1.20 bits per heavy atom. The van der Waals surface area contributed by atoms with Crippen LogP contribution >= 0.6 is 11.8 Å². The summed E-state index contributed by atoms with van der Waals surface area (Å²) in [6.45, 7) is 7.69. The van der Waals surface area contributed by atoms with Crippen molar-refractivity contribution in [3.8, 4) is 0 Å². The third-order valence-corrected chi connectivity index (χ3v) is 7.70. The lowest BCUT2D eigenvalue weighted by atomic mass is 9.72. The lowest BCUT2D eigenvalue weighted by molar-refractivity contribution is -0.117. The Hall–Kier alpha value is -1.06. The average molecular weight is 357 g/mol. The molecule has 25 heavy (non-hydrogen) atoms. The predicted octanol–water partition coefficient (Wildman–Crippen LogP) is 5.23. The standard InChI is InChI=1S/C22H28O2S/c1-21(2)11-15-10-16-19(25-4)17(23)12-22(16,3)18(15)20(21)24-13-14-8-6-5-7-9-14/h5-9,15,18,20H,10-13H2,1-4H3/t15-,18-,20+,22+/m0/s1. The molecule has 4 atom stereocenters. The first kappa shape index (κ1) is 17.4. The van der Waals surface area contributed by atoms with Crippen LogP contribution in [0.1, 0.15) is 45.6 Å². The molecular formula is C22H28O2S. The molecule has 0 saturated heterocycles. The monoisotopic (exact) mass is 356 g/mol. The van der Waals surface area contributed by atoms with Crippen LogP contribution in [0.5, 0.6) is 0 Å². The highest BCUT2D eigenvalue weighted by atomic mass is 32.2. The van der Waals surface area contributed by atoms with E-state index < -0.39 is 0 Å². The minimum atomic E-state index is 0.00914.